The van der Waals surface area contributed by atoms with Gasteiger partial charge in [0.25, 0.3) is 0 Å². The number of nitrogens with one attached hydrogen (secondary N) is 2. The second-order valence-electron chi connectivity index (χ2n) is 4.78. The highest BCUT2D eigenvalue weighted by Crippen LogP contribution is 2.12. The molecule has 2 aromatic carbocycles. The molecular formula is C20H29N3O2S2. The monoisotopic (exact) mass is 407 g/mol. The SMILES string of the molecule is CC.CC.NSc1ccc(CCNC(=S)Nc2ccc(C(=O)O)cc2)cc1. The van der Waals surface area contributed by atoms with Crippen LogP contribution < -0.4 is 15.8 Å². The lowest BCUT2D eigenvalue weighted by Gasteiger charge is -2.11. The van der Waals surface area contributed by atoms with Gasteiger partial charge in [0.05, 0.1) is 5.56 Å². The Morgan fingerprint density at radius 3 is 2.07 bits per heavy atom. The molecule has 0 aliphatic rings. The van der Waals surface area contributed by atoms with Crippen molar-refractivity contribution in [3.05, 3.63) is 59.7 Å². The van der Waals surface area contributed by atoms with Crippen LogP contribution in [0.15, 0.2) is 53.4 Å². The van der Waals surface area contributed by atoms with Crippen LogP contribution in [0.4, 0.5) is 5.69 Å². The van der Waals surface area contributed by atoms with Gasteiger partial charge in [-0.3, -0.25) is 5.14 Å². The zero-order valence-electron chi connectivity index (χ0n) is 16.3. The van der Waals surface area contributed by atoms with E-state index in [0.717, 1.165) is 17.0 Å². The van der Waals surface area contributed by atoms with E-state index in [1.807, 2.05) is 52.0 Å². The predicted molar refractivity (Wildman–Crippen MR) is 121 cm³/mol. The van der Waals surface area contributed by atoms with E-state index in [2.05, 4.69) is 10.6 Å². The molecule has 0 aliphatic carbocycles. The summed E-state index contributed by atoms with van der Waals surface area (Å²) in [5, 5.41) is 21.0. The summed E-state index contributed by atoms with van der Waals surface area (Å²) in [4.78, 5) is 11.8. The van der Waals surface area contributed by atoms with Gasteiger partial charge in [0, 0.05) is 17.1 Å². The fraction of sp³-hybridized carbons (Fsp3) is 0.300. The third-order valence-corrected chi connectivity index (χ3v) is 3.94. The molecule has 148 valence electrons. The highest BCUT2D eigenvalue weighted by atomic mass is 32.2. The number of nitrogens with two attached hydrogens (primary N) is 1. The average molecular weight is 408 g/mol. The second-order valence-corrected chi connectivity index (χ2v) is 5.89. The number of hydrogen-bond donors (Lipinski definition) is 4. The minimum atomic E-state index is -0.948. The Morgan fingerprint density at radius 1 is 1.04 bits per heavy atom. The zero-order valence-corrected chi connectivity index (χ0v) is 17.9. The summed E-state index contributed by atoms with van der Waals surface area (Å²) in [7, 11) is 0. The molecular weight excluding hydrogens is 378 g/mol. The fourth-order valence-corrected chi connectivity index (χ4v) is 2.44. The molecule has 2 rings (SSSR count). The summed E-state index contributed by atoms with van der Waals surface area (Å²) in [6.45, 7) is 8.70. The lowest BCUT2D eigenvalue weighted by Crippen LogP contribution is -2.30. The molecule has 7 heteroatoms. The van der Waals surface area contributed by atoms with Crippen LogP contribution in [-0.4, -0.2) is 22.7 Å². The lowest BCUT2D eigenvalue weighted by atomic mass is 10.1. The van der Waals surface area contributed by atoms with Gasteiger partial charge in [0.15, 0.2) is 5.11 Å². The Morgan fingerprint density at radius 2 is 1.59 bits per heavy atom. The van der Waals surface area contributed by atoms with Crippen LogP contribution in [-0.2, 0) is 6.42 Å². The van der Waals surface area contributed by atoms with E-state index >= 15 is 0 Å². The number of thiocarbonyl (C=S) groups is 1. The third-order valence-electron chi connectivity index (χ3n) is 3.15. The van der Waals surface area contributed by atoms with Crippen LogP contribution in [0.2, 0.25) is 0 Å². The summed E-state index contributed by atoms with van der Waals surface area (Å²) >= 11 is 6.44. The van der Waals surface area contributed by atoms with Crippen LogP contribution in [0.3, 0.4) is 0 Å². The van der Waals surface area contributed by atoms with Gasteiger partial charge in [-0.05, 0) is 72.5 Å². The standard InChI is InChI=1S/C16H17N3O2S2.2C2H6/c17-23-14-7-1-11(2-8-14)9-10-18-16(22)19-13-5-3-12(4-6-13)15(20)21;2*1-2/h1-8H,9-10,17H2,(H,20,21)(H2,18,19,22);2*1-2H3. The molecule has 0 radical (unpaired) electrons. The van der Waals surface area contributed by atoms with Gasteiger partial charge in [0.1, 0.15) is 0 Å². The van der Waals surface area contributed by atoms with E-state index < -0.39 is 5.97 Å². The van der Waals surface area contributed by atoms with Crippen molar-refractivity contribution in [3.63, 3.8) is 0 Å². The smallest absolute Gasteiger partial charge is 0.335 e. The van der Waals surface area contributed by atoms with Crippen LogP contribution in [0.5, 0.6) is 0 Å². The van der Waals surface area contributed by atoms with Gasteiger partial charge in [0.2, 0.25) is 0 Å². The molecule has 27 heavy (non-hydrogen) atoms. The first-order chi connectivity index (χ1) is 13.1. The quantitative estimate of drug-likeness (QED) is 0.399. The van der Waals surface area contributed by atoms with Crippen molar-refractivity contribution in [2.24, 2.45) is 5.14 Å². The van der Waals surface area contributed by atoms with Crippen molar-refractivity contribution < 1.29 is 9.90 Å². The molecule has 0 saturated carbocycles. The maximum atomic E-state index is 10.8. The zero-order chi connectivity index (χ0) is 20.7. The van der Waals surface area contributed by atoms with Gasteiger partial charge in [-0.15, -0.1) is 0 Å². The molecule has 0 fully saturated rings. The van der Waals surface area contributed by atoms with Gasteiger partial charge in [-0.25, -0.2) is 4.79 Å². The number of rotatable bonds is 6. The van der Waals surface area contributed by atoms with E-state index in [9.17, 15) is 4.79 Å². The Hall–Kier alpha value is -2.09. The Kier molecular flexibility index (Phi) is 13.9. The highest BCUT2D eigenvalue weighted by Gasteiger charge is 2.03. The maximum Gasteiger partial charge on any atom is 0.335 e. The number of carboxylic acid groups (broad SMARTS) is 1. The summed E-state index contributed by atoms with van der Waals surface area (Å²) in [6.07, 6.45) is 0.843. The molecule has 0 heterocycles. The molecule has 0 bridgehead atoms. The molecule has 2 aromatic rings. The highest BCUT2D eigenvalue weighted by molar-refractivity contribution is 7.97. The third kappa shape index (κ3) is 9.98. The summed E-state index contributed by atoms with van der Waals surface area (Å²) in [5.41, 5.74) is 2.19. The van der Waals surface area contributed by atoms with Gasteiger partial charge >= 0.3 is 5.97 Å². The average Bonchev–Trinajstić information content (AvgIpc) is 2.72. The molecule has 0 aromatic heterocycles. The molecule has 0 saturated heterocycles. The van der Waals surface area contributed by atoms with E-state index in [0.29, 0.717) is 11.7 Å². The molecule has 0 spiro atoms. The van der Waals surface area contributed by atoms with Gasteiger partial charge < -0.3 is 15.7 Å². The first-order valence-electron chi connectivity index (χ1n) is 8.92. The molecule has 5 N–H and O–H groups in total. The molecule has 0 aliphatic heterocycles. The number of carboxylic acids is 1. The van der Waals surface area contributed by atoms with E-state index in [1.165, 1.54) is 29.6 Å². The van der Waals surface area contributed by atoms with Crippen molar-refractivity contribution in [3.8, 4) is 0 Å². The largest absolute Gasteiger partial charge is 0.478 e. The van der Waals surface area contributed by atoms with Crippen molar-refractivity contribution >= 4 is 40.9 Å². The van der Waals surface area contributed by atoms with Crippen LogP contribution in [0.1, 0.15) is 43.6 Å². The first-order valence-corrected chi connectivity index (χ1v) is 10.2. The minimum Gasteiger partial charge on any atom is -0.478 e. The summed E-state index contributed by atoms with van der Waals surface area (Å²) in [6, 6.07) is 14.5. The number of benzene rings is 2. The molecule has 0 unspecified atom stereocenters. The molecule has 0 amide bonds. The number of carbonyl (C=O) groups is 1. The van der Waals surface area contributed by atoms with Crippen molar-refractivity contribution in [1.29, 1.82) is 0 Å². The van der Waals surface area contributed by atoms with Crippen molar-refractivity contribution in [1.82, 2.24) is 5.32 Å². The lowest BCUT2D eigenvalue weighted by molar-refractivity contribution is 0.0697. The van der Waals surface area contributed by atoms with Gasteiger partial charge in [-0.2, -0.15) is 0 Å². The fourth-order valence-electron chi connectivity index (χ4n) is 1.93. The van der Waals surface area contributed by atoms with Gasteiger partial charge in [-0.1, -0.05) is 39.8 Å². The number of aromatic carboxylic acids is 1. The molecule has 0 atom stereocenters. The van der Waals surface area contributed by atoms with E-state index in [4.69, 9.17) is 22.5 Å². The molecule has 5 nitrogen and oxygen atoms in total. The summed E-state index contributed by atoms with van der Waals surface area (Å²) < 4.78 is 0. The van der Waals surface area contributed by atoms with Crippen molar-refractivity contribution in [2.45, 2.75) is 39.0 Å². The van der Waals surface area contributed by atoms with Crippen LogP contribution >= 0.6 is 24.2 Å². The predicted octanol–water partition coefficient (Wildman–Crippen LogP) is 4.93. The minimum absolute atomic E-state index is 0.244. The van der Waals surface area contributed by atoms with E-state index in [-0.39, 0.29) is 5.56 Å². The topological polar surface area (TPSA) is 87.4 Å². The van der Waals surface area contributed by atoms with Crippen LogP contribution in [0, 0.1) is 0 Å². The Balaban J connectivity index is 0.00000158. The van der Waals surface area contributed by atoms with Crippen LogP contribution in [0.25, 0.3) is 0 Å². The normalized spacial score (nSPS) is 9.07. The second kappa shape index (κ2) is 15.0. The Labute approximate surface area is 171 Å². The number of anilines is 1. The van der Waals surface area contributed by atoms with E-state index in [1.54, 1.807) is 12.1 Å². The number of hydrogen-bond acceptors (Lipinski definition) is 4. The maximum absolute atomic E-state index is 10.8. The Bertz CT molecular complexity index is 675. The first kappa shape index (κ1) is 24.9. The van der Waals surface area contributed by atoms with Crippen molar-refractivity contribution in [2.75, 3.05) is 11.9 Å². The summed E-state index contributed by atoms with van der Waals surface area (Å²) in [5.74, 6) is -0.948.